The summed E-state index contributed by atoms with van der Waals surface area (Å²) in [6, 6.07) is 31.8. The van der Waals surface area contributed by atoms with Crippen LogP contribution in [0.4, 0.5) is 0 Å². The van der Waals surface area contributed by atoms with Crippen LogP contribution in [0.5, 0.6) is 0 Å². The standard InChI is InChI=1S/C65H102N2O12P/c1-14-54-65(10,74)58(70)47(6)67(55(68)37-29-18-16-15-17-19-30-38-80(49-31-23-20-24-32-49,50-33-25-21-26-34-50)51-35-27-22-28-36-51)42-43(2)40-63(8,73)60(79-62-57(69)52(66(11)12)39-44(3)76-62)45(4)56(46(5)61(72)78-54)53-41-64(9,75-13)59(71)48(7)77-53/h20-28,31-36,43-48,52-54,56-60,62,69-71,73-74H,14-19,29-30,37-42H2,1-13H3/q+1/t43-,44-,45+,46-,47-,48+,52+,53-,54-,56?,57-,58-,59+,60-,62+,63-,64-,65-/m1/s1. The fourth-order valence-electron chi connectivity index (χ4n) is 13.9. The Morgan fingerprint density at radius 1 is 0.750 bits per heavy atom. The number of amides is 1. The number of hydrogen-bond acceptors (Lipinski definition) is 13. The van der Waals surface area contributed by atoms with Crippen molar-refractivity contribution in [1.82, 2.24) is 9.80 Å². The number of benzene rings is 3. The molecule has 1 unspecified atom stereocenters. The van der Waals surface area contributed by atoms with Gasteiger partial charge in [0.15, 0.2) is 6.29 Å². The average Bonchev–Trinajstić information content (AvgIpc) is 3.43. The summed E-state index contributed by atoms with van der Waals surface area (Å²) in [4.78, 5) is 33.1. The topological polar surface area (TPSA) is 188 Å². The van der Waals surface area contributed by atoms with E-state index in [-0.39, 0.29) is 56.2 Å². The van der Waals surface area contributed by atoms with Gasteiger partial charge < -0.3 is 59.0 Å². The van der Waals surface area contributed by atoms with Gasteiger partial charge in [0.1, 0.15) is 53.2 Å². The Morgan fingerprint density at radius 2 is 1.27 bits per heavy atom. The Morgan fingerprint density at radius 3 is 1.79 bits per heavy atom. The number of ether oxygens (including phenoxy) is 5. The number of cyclic esters (lactones) is 1. The molecule has 3 aromatic carbocycles. The van der Waals surface area contributed by atoms with Crippen molar-refractivity contribution in [2.45, 2.75) is 230 Å². The van der Waals surface area contributed by atoms with Crippen LogP contribution < -0.4 is 15.9 Å². The zero-order valence-corrected chi connectivity index (χ0v) is 51.5. The predicted molar refractivity (Wildman–Crippen MR) is 319 cm³/mol. The summed E-state index contributed by atoms with van der Waals surface area (Å²) in [5.74, 6) is -3.65. The molecule has 3 heterocycles. The number of aliphatic hydroxyl groups excluding tert-OH is 3. The van der Waals surface area contributed by atoms with Gasteiger partial charge >= 0.3 is 5.97 Å². The summed E-state index contributed by atoms with van der Waals surface area (Å²) in [7, 11) is 3.43. The number of likely N-dealkylation sites (N-methyl/N-ethyl adjacent to an activating group) is 1. The second-order valence-electron chi connectivity index (χ2n) is 25.1. The maximum Gasteiger partial charge on any atom is 0.309 e. The van der Waals surface area contributed by atoms with Gasteiger partial charge in [-0.2, -0.15) is 0 Å². The van der Waals surface area contributed by atoms with Gasteiger partial charge in [-0.3, -0.25) is 9.59 Å². The first-order valence-corrected chi connectivity index (χ1v) is 32.0. The second kappa shape index (κ2) is 28.9. The lowest BCUT2D eigenvalue weighted by Crippen LogP contribution is -2.61. The largest absolute Gasteiger partial charge is 0.459 e. The molecule has 14 nitrogen and oxygen atoms in total. The fourth-order valence-corrected chi connectivity index (χ4v) is 18.3. The lowest BCUT2D eigenvalue weighted by molar-refractivity contribution is -0.302. The SMILES string of the molecule is CC[C@H]1OC(=O)[C@H](C)C([C@H]2C[C@@](C)(OC)[C@@H](O)[C@H](C)O2)[C@H](C)[C@@H](O[C@@H]2O[C@H](C)C[C@H](N(C)C)[C@H]2O)[C@](C)(O)C[C@@H](C)CN(C(=O)CCCCCCCCC[P+](c2ccccc2)(c2ccccc2)c2ccccc2)[C@H](C)[C@@H](O)[C@]1(C)O. The van der Waals surface area contributed by atoms with Crippen LogP contribution >= 0.6 is 7.26 Å². The summed E-state index contributed by atoms with van der Waals surface area (Å²) in [5.41, 5.74) is -4.73. The molecule has 18 atom stereocenters. The monoisotopic (exact) mass is 1130 g/mol. The predicted octanol–water partition coefficient (Wildman–Crippen LogP) is 8.19. The quantitative estimate of drug-likeness (QED) is 0.0440. The molecule has 0 aliphatic carbocycles. The molecule has 448 valence electrons. The molecule has 1 amide bonds. The van der Waals surface area contributed by atoms with Crippen LogP contribution in [-0.2, 0) is 33.3 Å². The number of hydrogen-bond donors (Lipinski definition) is 5. The first-order valence-electron chi connectivity index (χ1n) is 30.1. The van der Waals surface area contributed by atoms with E-state index in [2.05, 4.69) is 91.0 Å². The molecule has 6 rings (SSSR count). The first kappa shape index (κ1) is 65.8. The van der Waals surface area contributed by atoms with E-state index in [1.165, 1.54) is 29.9 Å². The maximum absolute atomic E-state index is 14.8. The zero-order valence-electron chi connectivity index (χ0n) is 50.7. The molecule has 80 heavy (non-hydrogen) atoms. The van der Waals surface area contributed by atoms with Gasteiger partial charge in [0.05, 0.1) is 53.7 Å². The van der Waals surface area contributed by atoms with Gasteiger partial charge in [-0.1, -0.05) is 108 Å². The van der Waals surface area contributed by atoms with Crippen molar-refractivity contribution in [3.05, 3.63) is 91.0 Å². The number of aliphatic hydroxyl groups is 5. The maximum atomic E-state index is 14.8. The summed E-state index contributed by atoms with van der Waals surface area (Å²) < 4.78 is 32.2. The van der Waals surface area contributed by atoms with Gasteiger partial charge in [-0.05, 0) is 142 Å². The van der Waals surface area contributed by atoms with E-state index < -0.39 is 103 Å². The van der Waals surface area contributed by atoms with Crippen molar-refractivity contribution in [2.75, 3.05) is 33.9 Å². The van der Waals surface area contributed by atoms with E-state index in [0.717, 1.165) is 44.7 Å². The van der Waals surface area contributed by atoms with Crippen molar-refractivity contribution in [3.8, 4) is 0 Å². The van der Waals surface area contributed by atoms with Gasteiger partial charge in [-0.25, -0.2) is 0 Å². The molecule has 3 fully saturated rings. The number of nitrogens with zero attached hydrogens (tertiary/aromatic N) is 2. The number of carbonyl (C=O) groups excluding carboxylic acids is 2. The molecule has 3 aliphatic heterocycles. The average molecular weight is 1130 g/mol. The summed E-state index contributed by atoms with van der Waals surface area (Å²) in [6.07, 6.45) is 0.325. The van der Waals surface area contributed by atoms with Crippen LogP contribution in [0.25, 0.3) is 0 Å². The molecule has 0 saturated carbocycles. The Labute approximate surface area is 480 Å². The summed E-state index contributed by atoms with van der Waals surface area (Å²) in [5, 5.41) is 65.1. The third-order valence-electron chi connectivity index (χ3n) is 18.6. The number of unbranched alkanes of at least 4 members (excludes halogenated alkanes) is 6. The van der Waals surface area contributed by atoms with Crippen molar-refractivity contribution in [3.63, 3.8) is 0 Å². The smallest absolute Gasteiger partial charge is 0.309 e. The van der Waals surface area contributed by atoms with Gasteiger partial charge in [0.25, 0.3) is 0 Å². The molecule has 3 saturated heterocycles. The van der Waals surface area contributed by atoms with Crippen molar-refractivity contribution in [1.29, 1.82) is 0 Å². The highest BCUT2D eigenvalue weighted by Crippen LogP contribution is 2.56. The minimum Gasteiger partial charge on any atom is -0.459 e. The molecular weight excluding hydrogens is 1030 g/mol. The van der Waals surface area contributed by atoms with Gasteiger partial charge in [0, 0.05) is 38.5 Å². The van der Waals surface area contributed by atoms with Crippen LogP contribution in [0.1, 0.15) is 146 Å². The third-order valence-corrected chi connectivity index (χ3v) is 23.1. The van der Waals surface area contributed by atoms with Crippen molar-refractivity contribution < 1.29 is 58.8 Å². The zero-order chi connectivity index (χ0) is 58.7. The Hall–Kier alpha value is -3.37. The molecule has 0 spiro atoms. The molecular formula is C65H102N2O12P+. The minimum atomic E-state index is -1.99. The van der Waals surface area contributed by atoms with Crippen molar-refractivity contribution >= 4 is 35.1 Å². The highest BCUT2D eigenvalue weighted by molar-refractivity contribution is 7.95. The van der Waals surface area contributed by atoms with E-state index in [4.69, 9.17) is 23.7 Å². The second-order valence-corrected chi connectivity index (χ2v) is 28.7. The van der Waals surface area contributed by atoms with E-state index in [1.54, 1.807) is 39.5 Å². The number of esters is 1. The Balaban J connectivity index is 1.21. The van der Waals surface area contributed by atoms with E-state index in [0.29, 0.717) is 12.8 Å². The number of methoxy groups -OCH3 is 1. The first-order chi connectivity index (χ1) is 37.8. The molecule has 15 heteroatoms. The summed E-state index contributed by atoms with van der Waals surface area (Å²) >= 11 is 0. The number of rotatable bonds is 19. The highest BCUT2D eigenvalue weighted by Gasteiger charge is 2.55. The van der Waals surface area contributed by atoms with E-state index >= 15 is 0 Å². The van der Waals surface area contributed by atoms with E-state index in [1.807, 2.05) is 46.7 Å². The Bertz CT molecular complexity index is 2250. The molecule has 5 N–H and O–H groups in total. The number of carbonyl (C=O) groups is 2. The van der Waals surface area contributed by atoms with Gasteiger partial charge in [-0.15, -0.1) is 0 Å². The van der Waals surface area contributed by atoms with Crippen LogP contribution in [0.15, 0.2) is 91.0 Å². The summed E-state index contributed by atoms with van der Waals surface area (Å²) in [6.45, 7) is 17.8. The molecule has 0 aromatic heterocycles. The Kier molecular flexibility index (Phi) is 23.8. The highest BCUT2D eigenvalue weighted by atomic mass is 31.2. The molecule has 0 radical (unpaired) electrons. The molecule has 3 aliphatic rings. The fraction of sp³-hybridized carbons (Fsp3) is 0.692. The molecule has 0 bridgehead atoms. The van der Waals surface area contributed by atoms with E-state index in [9.17, 15) is 35.1 Å². The van der Waals surface area contributed by atoms with Crippen molar-refractivity contribution in [2.24, 2.45) is 23.7 Å². The normalized spacial score (nSPS) is 36.2. The van der Waals surface area contributed by atoms with Crippen LogP contribution in [0.3, 0.4) is 0 Å². The van der Waals surface area contributed by atoms with Crippen LogP contribution in [0.2, 0.25) is 0 Å². The lowest BCUT2D eigenvalue weighted by Gasteiger charge is -2.51. The molecule has 3 aromatic rings. The van der Waals surface area contributed by atoms with Crippen LogP contribution in [0, 0.1) is 23.7 Å². The lowest BCUT2D eigenvalue weighted by atomic mass is 9.68. The minimum absolute atomic E-state index is 0.102. The van der Waals surface area contributed by atoms with Crippen LogP contribution in [-0.4, -0.2) is 165 Å². The van der Waals surface area contributed by atoms with Gasteiger partial charge in [0.2, 0.25) is 5.91 Å². The third kappa shape index (κ3) is 15.3.